The van der Waals surface area contributed by atoms with Crippen LogP contribution in [0.25, 0.3) is 5.65 Å². The van der Waals surface area contributed by atoms with Crippen molar-refractivity contribution in [2.45, 2.75) is 24.5 Å². The summed E-state index contributed by atoms with van der Waals surface area (Å²) >= 11 is 8.21. The van der Waals surface area contributed by atoms with Crippen LogP contribution in [0.1, 0.15) is 11.3 Å². The number of fused-ring (bicyclic) bond motifs is 2. The predicted molar refractivity (Wildman–Crippen MR) is 164 cm³/mol. The molecule has 2 amide bonds. The number of nitrogens with two attached hydrogens (primary N) is 3. The van der Waals surface area contributed by atoms with Crippen molar-refractivity contribution in [2.75, 3.05) is 11.5 Å². The summed E-state index contributed by atoms with van der Waals surface area (Å²) in [5, 5.41) is 26.5. The number of thiazole rings is 1. The van der Waals surface area contributed by atoms with Crippen molar-refractivity contribution in [3.05, 3.63) is 75.8 Å². The molecule has 16 nitrogen and oxygen atoms in total. The number of benzene rings is 1. The number of hydrogen-bond acceptors (Lipinski definition) is 11. The van der Waals surface area contributed by atoms with Crippen molar-refractivity contribution in [3.8, 4) is 0 Å². The molecule has 2 atom stereocenters. The Labute approximate surface area is 267 Å². The first-order chi connectivity index (χ1) is 21.5. The highest BCUT2D eigenvalue weighted by Gasteiger charge is 2.53. The second-order valence-corrected chi connectivity index (χ2v) is 12.7. The summed E-state index contributed by atoms with van der Waals surface area (Å²) in [5.74, 6) is -2.85. The standard InChI is InChI=1S/C26H24ClN11O5S2/c27-20-16(33-26(30)45-20)17(34-43)21(39)32-18-22(40)38-19(24(41)42)13(11-44-23(18)38)10-36-6-5-15-35(7-8-37(15)36)9-12-1-3-14(4-2-12)31-25(28)29/h1-8,18,23H,9-11H2,(H8-,28,29,30,31,32,33,39,41,42,43)/t18-,23-/m1/s1. The lowest BCUT2D eigenvalue weighted by Gasteiger charge is -2.50. The SMILES string of the molecule is NC(N)=Nc1ccc(C[n+]2ccn3c2ccn3CC2=C(C(=O)[O-])N3C(=O)[C@@H](NC(=O)/C(=N\O)c4nc(N)sc4Cl)[C@H]3SC2)cc1. The maximum Gasteiger partial charge on any atom is 0.307 e. The van der Waals surface area contributed by atoms with E-state index in [-0.39, 0.29) is 39.1 Å². The van der Waals surface area contributed by atoms with E-state index in [4.69, 9.17) is 28.8 Å². The number of rotatable bonds is 9. The number of nitrogen functional groups attached to an aromatic ring is 1. The van der Waals surface area contributed by atoms with Crippen LogP contribution in [0, 0.1) is 0 Å². The lowest BCUT2D eigenvalue weighted by Crippen LogP contribution is -2.71. The molecular formula is C26H24ClN11O5S2. The Morgan fingerprint density at radius 1 is 1.22 bits per heavy atom. The number of nitrogens with zero attached hydrogens (tertiary/aromatic N) is 7. The van der Waals surface area contributed by atoms with Crippen LogP contribution < -0.4 is 32.2 Å². The Morgan fingerprint density at radius 2 is 1.98 bits per heavy atom. The lowest BCUT2D eigenvalue weighted by molar-refractivity contribution is -0.661. The van der Waals surface area contributed by atoms with Crippen molar-refractivity contribution in [1.82, 2.24) is 24.4 Å². The zero-order chi connectivity index (χ0) is 32.0. The van der Waals surface area contributed by atoms with Crippen molar-refractivity contribution < 1.29 is 29.3 Å². The number of nitrogens with one attached hydrogen (secondary N) is 1. The number of carboxylic acid groups (broad SMARTS) is 1. The van der Waals surface area contributed by atoms with Gasteiger partial charge in [0.05, 0.1) is 36.2 Å². The van der Waals surface area contributed by atoms with Gasteiger partial charge in [0, 0.05) is 5.75 Å². The smallest absolute Gasteiger partial charge is 0.307 e. The monoisotopic (exact) mass is 669 g/mol. The Bertz CT molecular complexity index is 1940. The molecule has 0 bridgehead atoms. The van der Waals surface area contributed by atoms with E-state index in [0.29, 0.717) is 17.8 Å². The maximum absolute atomic E-state index is 13.2. The molecule has 45 heavy (non-hydrogen) atoms. The summed E-state index contributed by atoms with van der Waals surface area (Å²) in [7, 11) is 0. The highest BCUT2D eigenvalue weighted by atomic mass is 35.5. The Hall–Kier alpha value is -5.07. The van der Waals surface area contributed by atoms with Crippen LogP contribution in [0.4, 0.5) is 10.8 Å². The molecule has 6 rings (SSSR count). The molecule has 8 N–H and O–H groups in total. The molecule has 232 valence electrons. The molecule has 3 aromatic heterocycles. The molecule has 1 fully saturated rings. The number of amides is 2. The van der Waals surface area contributed by atoms with Crippen LogP contribution in [0.5, 0.6) is 0 Å². The summed E-state index contributed by atoms with van der Waals surface area (Å²) in [6.45, 7) is 0.730. The third-order valence-corrected chi connectivity index (χ3v) is 9.58. The average molecular weight is 670 g/mol. The van der Waals surface area contributed by atoms with E-state index in [1.807, 2.05) is 62.7 Å². The van der Waals surface area contributed by atoms with E-state index in [2.05, 4.69) is 20.4 Å². The van der Waals surface area contributed by atoms with Gasteiger partial charge in [0.25, 0.3) is 11.8 Å². The largest absolute Gasteiger partial charge is 0.543 e. The number of hydrogen-bond donors (Lipinski definition) is 5. The van der Waals surface area contributed by atoms with Crippen LogP contribution in [-0.2, 0) is 27.5 Å². The fourth-order valence-corrected chi connectivity index (χ4v) is 7.45. The van der Waals surface area contributed by atoms with Crippen LogP contribution >= 0.6 is 34.7 Å². The molecule has 1 saturated heterocycles. The number of anilines is 1. The Balaban J connectivity index is 1.18. The molecule has 4 aromatic rings. The first-order valence-corrected chi connectivity index (χ1v) is 15.4. The second-order valence-electron chi connectivity index (χ2n) is 9.97. The summed E-state index contributed by atoms with van der Waals surface area (Å²) < 4.78 is 5.75. The van der Waals surface area contributed by atoms with Gasteiger partial charge in [0.15, 0.2) is 23.0 Å². The van der Waals surface area contributed by atoms with Crippen LogP contribution in [0.3, 0.4) is 0 Å². The molecule has 0 unspecified atom stereocenters. The van der Waals surface area contributed by atoms with Gasteiger partial charge in [0.2, 0.25) is 0 Å². The summed E-state index contributed by atoms with van der Waals surface area (Å²) in [5.41, 5.74) is 18.6. The third-order valence-electron chi connectivity index (χ3n) is 7.16. The molecule has 0 aliphatic carbocycles. The topological polar surface area (TPSA) is 239 Å². The maximum atomic E-state index is 13.2. The zero-order valence-corrected chi connectivity index (χ0v) is 25.4. The van der Waals surface area contributed by atoms with E-state index in [0.717, 1.165) is 27.4 Å². The van der Waals surface area contributed by atoms with Gasteiger partial charge in [-0.05, 0) is 23.3 Å². The average Bonchev–Trinajstić information content (AvgIpc) is 3.68. The Kier molecular flexibility index (Phi) is 7.85. The van der Waals surface area contributed by atoms with E-state index < -0.39 is 34.9 Å². The number of oxime groups is 1. The van der Waals surface area contributed by atoms with Crippen LogP contribution in [0.2, 0.25) is 4.34 Å². The first kappa shape index (κ1) is 30.0. The fourth-order valence-electron chi connectivity index (χ4n) is 5.19. The number of guanidine groups is 1. The molecule has 5 heterocycles. The van der Waals surface area contributed by atoms with E-state index >= 15 is 0 Å². The van der Waals surface area contributed by atoms with Crippen molar-refractivity contribution >= 4 is 80.6 Å². The number of carboxylic acids is 1. The van der Waals surface area contributed by atoms with Gasteiger partial charge in [-0.3, -0.25) is 14.5 Å². The van der Waals surface area contributed by atoms with Crippen molar-refractivity contribution in [1.29, 1.82) is 0 Å². The highest BCUT2D eigenvalue weighted by Crippen LogP contribution is 2.40. The van der Waals surface area contributed by atoms with Crippen molar-refractivity contribution in [3.63, 3.8) is 0 Å². The number of thioether (sulfide) groups is 1. The van der Waals surface area contributed by atoms with Gasteiger partial charge in [-0.1, -0.05) is 40.2 Å². The van der Waals surface area contributed by atoms with Crippen LogP contribution in [-0.4, -0.2) is 70.9 Å². The molecule has 0 radical (unpaired) electrons. The molecular weight excluding hydrogens is 646 g/mol. The van der Waals surface area contributed by atoms with Crippen molar-refractivity contribution in [2.24, 2.45) is 21.6 Å². The minimum atomic E-state index is -1.51. The number of aromatic nitrogens is 4. The minimum Gasteiger partial charge on any atom is -0.543 e. The number of aliphatic imine (C=N–C) groups is 1. The third kappa shape index (κ3) is 5.54. The van der Waals surface area contributed by atoms with Gasteiger partial charge < -0.3 is 37.6 Å². The summed E-state index contributed by atoms with van der Waals surface area (Å²) in [4.78, 5) is 47.3. The highest BCUT2D eigenvalue weighted by molar-refractivity contribution is 8.00. The number of halogens is 1. The van der Waals surface area contributed by atoms with Crippen LogP contribution in [0.15, 0.2) is 70.3 Å². The molecule has 2 aliphatic heterocycles. The molecule has 0 saturated carbocycles. The molecule has 1 aromatic carbocycles. The van der Waals surface area contributed by atoms with E-state index in [9.17, 15) is 24.7 Å². The minimum absolute atomic E-state index is 0.0206. The lowest BCUT2D eigenvalue weighted by atomic mass is 10.0. The number of β-lactam (4-membered cyclic amide) rings is 1. The zero-order valence-electron chi connectivity index (χ0n) is 23.0. The normalized spacial score (nSPS) is 18.1. The molecule has 19 heteroatoms. The predicted octanol–water partition coefficient (Wildman–Crippen LogP) is -1.04. The number of carbonyl (C=O) groups is 3. The summed E-state index contributed by atoms with van der Waals surface area (Å²) in [6, 6.07) is 8.28. The Morgan fingerprint density at radius 3 is 2.62 bits per heavy atom. The quantitative estimate of drug-likeness (QED) is 0.0362. The van der Waals surface area contributed by atoms with E-state index in [1.165, 1.54) is 11.8 Å². The van der Waals surface area contributed by atoms with Gasteiger partial charge in [-0.25, -0.2) is 19.2 Å². The van der Waals surface area contributed by atoms with Gasteiger partial charge in [-0.2, -0.15) is 0 Å². The van der Waals surface area contributed by atoms with Gasteiger partial charge in [-0.15, -0.1) is 16.3 Å². The molecule has 2 aliphatic rings. The summed E-state index contributed by atoms with van der Waals surface area (Å²) in [6.07, 6.45) is 5.57. The molecule has 0 spiro atoms. The van der Waals surface area contributed by atoms with E-state index in [1.54, 1.807) is 0 Å². The number of aliphatic carboxylic acids is 1. The second kappa shape index (κ2) is 11.8. The first-order valence-electron chi connectivity index (χ1n) is 13.1. The number of carbonyl (C=O) groups excluding carboxylic acids is 3. The van der Waals surface area contributed by atoms with Gasteiger partial charge >= 0.3 is 5.65 Å². The van der Waals surface area contributed by atoms with Gasteiger partial charge in [0.1, 0.15) is 34.2 Å². The number of imidazole rings is 1. The fraction of sp³-hybridized carbons (Fsp3) is 0.192.